The van der Waals surface area contributed by atoms with E-state index in [1.54, 1.807) is 0 Å². The minimum absolute atomic E-state index is 0.0416. The molecule has 110 valence electrons. The smallest absolute Gasteiger partial charge is 0.227 e. The molecule has 20 heavy (non-hydrogen) atoms. The molecule has 1 amide bonds. The Kier molecular flexibility index (Phi) is 6.94. The molecule has 0 aliphatic carbocycles. The Morgan fingerprint density at radius 3 is 2.10 bits per heavy atom. The standard InChI is InChI=1S/C16H24N2O2/c1-4-18(5-2)12-15-8-6-14(7-9-15)11-17-16(20)10-13(3)19/h6-9H,4-5,10-12H2,1-3H3,(H,17,20). The fourth-order valence-electron chi connectivity index (χ4n) is 1.96. The summed E-state index contributed by atoms with van der Waals surface area (Å²) in [5, 5.41) is 2.74. The number of nitrogens with one attached hydrogen (secondary N) is 1. The second kappa shape index (κ2) is 8.48. The summed E-state index contributed by atoms with van der Waals surface area (Å²) in [6.45, 7) is 9.23. The van der Waals surface area contributed by atoms with Crippen LogP contribution in [0.5, 0.6) is 0 Å². The number of Topliss-reactive ketones (excluding diaryl/α,β-unsaturated/α-hetero) is 1. The van der Waals surface area contributed by atoms with Crippen LogP contribution in [0, 0.1) is 0 Å². The first-order valence-electron chi connectivity index (χ1n) is 7.11. The van der Waals surface area contributed by atoms with Crippen LogP contribution in [0.2, 0.25) is 0 Å². The van der Waals surface area contributed by atoms with Crippen LogP contribution < -0.4 is 5.32 Å². The first-order chi connectivity index (χ1) is 9.55. The van der Waals surface area contributed by atoms with Crippen LogP contribution in [0.3, 0.4) is 0 Å². The summed E-state index contributed by atoms with van der Waals surface area (Å²) < 4.78 is 0. The highest BCUT2D eigenvalue weighted by Crippen LogP contribution is 2.07. The van der Waals surface area contributed by atoms with Crippen molar-refractivity contribution < 1.29 is 9.59 Å². The molecule has 0 aliphatic rings. The lowest BCUT2D eigenvalue weighted by Crippen LogP contribution is -2.24. The lowest BCUT2D eigenvalue weighted by molar-refractivity contribution is -0.127. The molecule has 0 saturated carbocycles. The van der Waals surface area contributed by atoms with Gasteiger partial charge in [0.05, 0.1) is 6.42 Å². The van der Waals surface area contributed by atoms with Gasteiger partial charge < -0.3 is 5.32 Å². The average Bonchev–Trinajstić information content (AvgIpc) is 2.43. The van der Waals surface area contributed by atoms with Gasteiger partial charge in [0.25, 0.3) is 0 Å². The van der Waals surface area contributed by atoms with E-state index in [9.17, 15) is 9.59 Å². The minimum atomic E-state index is -0.218. The van der Waals surface area contributed by atoms with Crippen LogP contribution in [0.15, 0.2) is 24.3 Å². The van der Waals surface area contributed by atoms with Crippen LogP contribution in [-0.4, -0.2) is 29.7 Å². The maximum Gasteiger partial charge on any atom is 0.227 e. The van der Waals surface area contributed by atoms with E-state index < -0.39 is 0 Å². The Labute approximate surface area is 121 Å². The van der Waals surface area contributed by atoms with Gasteiger partial charge in [-0.2, -0.15) is 0 Å². The van der Waals surface area contributed by atoms with Crippen molar-refractivity contribution in [3.05, 3.63) is 35.4 Å². The Bertz CT molecular complexity index is 436. The van der Waals surface area contributed by atoms with Crippen LogP contribution in [0.4, 0.5) is 0 Å². The number of nitrogens with zero attached hydrogens (tertiary/aromatic N) is 1. The summed E-state index contributed by atoms with van der Waals surface area (Å²) in [6, 6.07) is 8.22. The predicted molar refractivity (Wildman–Crippen MR) is 80.2 cm³/mol. The molecule has 1 N–H and O–H groups in total. The van der Waals surface area contributed by atoms with Gasteiger partial charge in [0.2, 0.25) is 5.91 Å². The summed E-state index contributed by atoms with van der Waals surface area (Å²) in [7, 11) is 0. The van der Waals surface area contributed by atoms with E-state index in [4.69, 9.17) is 0 Å². The number of amides is 1. The zero-order valence-electron chi connectivity index (χ0n) is 12.6. The van der Waals surface area contributed by atoms with Gasteiger partial charge in [-0.3, -0.25) is 14.5 Å². The molecule has 0 atom stereocenters. The number of carbonyl (C=O) groups excluding carboxylic acids is 2. The fraction of sp³-hybridized carbons (Fsp3) is 0.500. The Morgan fingerprint density at radius 1 is 1.05 bits per heavy atom. The summed E-state index contributed by atoms with van der Waals surface area (Å²) in [5.74, 6) is -0.332. The molecule has 0 radical (unpaired) electrons. The summed E-state index contributed by atoms with van der Waals surface area (Å²) in [5.41, 5.74) is 2.32. The second-order valence-corrected chi connectivity index (χ2v) is 4.93. The third kappa shape index (κ3) is 5.97. The number of rotatable bonds is 8. The first-order valence-corrected chi connectivity index (χ1v) is 7.11. The third-order valence-electron chi connectivity index (χ3n) is 3.22. The molecule has 0 bridgehead atoms. The Balaban J connectivity index is 2.46. The van der Waals surface area contributed by atoms with E-state index in [-0.39, 0.29) is 18.1 Å². The topological polar surface area (TPSA) is 49.4 Å². The van der Waals surface area contributed by atoms with E-state index in [1.807, 2.05) is 12.1 Å². The van der Waals surface area contributed by atoms with Crippen molar-refractivity contribution >= 4 is 11.7 Å². The van der Waals surface area contributed by atoms with Crippen molar-refractivity contribution in [2.75, 3.05) is 13.1 Å². The fourth-order valence-corrected chi connectivity index (χ4v) is 1.96. The van der Waals surface area contributed by atoms with Gasteiger partial charge in [-0.15, -0.1) is 0 Å². The number of carbonyl (C=O) groups is 2. The molecule has 0 saturated heterocycles. The van der Waals surface area contributed by atoms with Crippen molar-refractivity contribution in [1.29, 1.82) is 0 Å². The molecule has 0 aliphatic heterocycles. The highest BCUT2D eigenvalue weighted by molar-refractivity contribution is 5.96. The van der Waals surface area contributed by atoms with Gasteiger partial charge in [0, 0.05) is 13.1 Å². The third-order valence-corrected chi connectivity index (χ3v) is 3.22. The molecule has 0 heterocycles. The maximum atomic E-state index is 11.4. The molecule has 1 rings (SSSR count). The number of ketones is 1. The van der Waals surface area contributed by atoms with Gasteiger partial charge in [-0.1, -0.05) is 38.1 Å². The number of hydrogen-bond donors (Lipinski definition) is 1. The summed E-state index contributed by atoms with van der Waals surface area (Å²) >= 11 is 0. The van der Waals surface area contributed by atoms with E-state index >= 15 is 0 Å². The molecule has 0 fully saturated rings. The molecule has 1 aromatic rings. The van der Waals surface area contributed by atoms with E-state index in [0.29, 0.717) is 6.54 Å². The van der Waals surface area contributed by atoms with Crippen LogP contribution >= 0.6 is 0 Å². The van der Waals surface area contributed by atoms with E-state index in [1.165, 1.54) is 12.5 Å². The molecule has 1 aromatic carbocycles. The average molecular weight is 276 g/mol. The van der Waals surface area contributed by atoms with E-state index in [0.717, 1.165) is 25.2 Å². The normalized spacial score (nSPS) is 10.6. The van der Waals surface area contributed by atoms with Crippen molar-refractivity contribution in [2.24, 2.45) is 0 Å². The highest BCUT2D eigenvalue weighted by atomic mass is 16.2. The molecule has 0 spiro atoms. The molecular formula is C16H24N2O2. The lowest BCUT2D eigenvalue weighted by atomic mass is 10.1. The predicted octanol–water partition coefficient (Wildman–Crippen LogP) is 2.12. The Hall–Kier alpha value is -1.68. The second-order valence-electron chi connectivity index (χ2n) is 4.93. The zero-order valence-corrected chi connectivity index (χ0v) is 12.6. The Morgan fingerprint density at radius 2 is 1.60 bits per heavy atom. The summed E-state index contributed by atoms with van der Waals surface area (Å²) in [4.78, 5) is 24.5. The van der Waals surface area contributed by atoms with Gasteiger partial charge >= 0.3 is 0 Å². The lowest BCUT2D eigenvalue weighted by Gasteiger charge is -2.18. The quantitative estimate of drug-likeness (QED) is 0.740. The van der Waals surface area contributed by atoms with Gasteiger partial charge in [-0.25, -0.2) is 0 Å². The largest absolute Gasteiger partial charge is 0.352 e. The zero-order chi connectivity index (χ0) is 15.0. The number of hydrogen-bond acceptors (Lipinski definition) is 3. The van der Waals surface area contributed by atoms with Crippen molar-refractivity contribution in [2.45, 2.75) is 40.3 Å². The van der Waals surface area contributed by atoms with Gasteiger partial charge in [0.1, 0.15) is 5.78 Å². The van der Waals surface area contributed by atoms with E-state index in [2.05, 4.69) is 36.2 Å². The molecule has 0 unspecified atom stereocenters. The summed E-state index contributed by atoms with van der Waals surface area (Å²) in [6.07, 6.45) is -0.0416. The number of benzene rings is 1. The van der Waals surface area contributed by atoms with Crippen LogP contribution in [-0.2, 0) is 22.7 Å². The molecule has 4 nitrogen and oxygen atoms in total. The van der Waals surface area contributed by atoms with Crippen LogP contribution in [0.1, 0.15) is 38.3 Å². The van der Waals surface area contributed by atoms with Gasteiger partial charge in [-0.05, 0) is 31.1 Å². The molecule has 4 heteroatoms. The minimum Gasteiger partial charge on any atom is -0.352 e. The highest BCUT2D eigenvalue weighted by Gasteiger charge is 2.05. The van der Waals surface area contributed by atoms with Crippen molar-refractivity contribution in [3.63, 3.8) is 0 Å². The molecule has 0 aromatic heterocycles. The monoisotopic (exact) mass is 276 g/mol. The first kappa shape index (κ1) is 16.4. The SMILES string of the molecule is CCN(CC)Cc1ccc(CNC(=O)CC(C)=O)cc1. The maximum absolute atomic E-state index is 11.4. The van der Waals surface area contributed by atoms with Crippen molar-refractivity contribution in [3.8, 4) is 0 Å². The van der Waals surface area contributed by atoms with Crippen LogP contribution in [0.25, 0.3) is 0 Å². The van der Waals surface area contributed by atoms with Gasteiger partial charge in [0.15, 0.2) is 0 Å². The molecular weight excluding hydrogens is 252 g/mol. The van der Waals surface area contributed by atoms with Crippen molar-refractivity contribution in [1.82, 2.24) is 10.2 Å².